The third kappa shape index (κ3) is 5.19. The first kappa shape index (κ1) is 33.1. The normalized spacial score (nSPS) is 11.6. The highest BCUT2D eigenvalue weighted by atomic mass is 16.3. The quantitative estimate of drug-likeness (QED) is 0.260. The van der Waals surface area contributed by atoms with Crippen LogP contribution in [0.15, 0.2) is 144 Å². The molecule has 0 spiro atoms. The molecule has 0 amide bonds. The summed E-state index contributed by atoms with van der Waals surface area (Å²) in [6.45, 7) is 0. The minimum Gasteiger partial charge on any atom is -0.456 e. The van der Waals surface area contributed by atoms with Crippen LogP contribution in [0.2, 0.25) is 0 Å². The number of benzene rings is 7. The van der Waals surface area contributed by atoms with Gasteiger partial charge in [0, 0.05) is 32.8 Å². The van der Waals surface area contributed by atoms with Crippen molar-refractivity contribution < 1.29 is 4.42 Å². The molecule has 10 aromatic rings. The second-order valence-corrected chi connectivity index (χ2v) is 14.6. The average Bonchev–Trinajstić information content (AvgIpc) is 3.79. The van der Waals surface area contributed by atoms with Crippen LogP contribution < -0.4 is 27.3 Å². The number of hydrogen-bond donors (Lipinski definition) is 0. The zero-order chi connectivity index (χ0) is 37.4. The standard InChI is InChI=1S/C45H33B5N4O/c46-38-37(39(47)41(49)42(50)40(38)48)29-16-9-18-31-35(29)27-15-7-8-17-30(27)54(31)32-19-10-20-33-36(32)28-22-21-26(23-34(28)55-33)45-52-43(24-11-3-1-4-12-24)51-44(53-45)25-13-5-2-6-14-25/h1-23H,46-50H2. The number of aromatic nitrogens is 4. The molecule has 3 heterocycles. The van der Waals surface area contributed by atoms with Gasteiger partial charge in [-0.2, -0.15) is 0 Å². The molecular weight excluding hydrogens is 667 g/mol. The monoisotopic (exact) mass is 700 g/mol. The van der Waals surface area contributed by atoms with Gasteiger partial charge in [0.2, 0.25) is 0 Å². The summed E-state index contributed by atoms with van der Waals surface area (Å²) in [4.78, 5) is 14.8. The molecule has 254 valence electrons. The zero-order valence-corrected chi connectivity index (χ0v) is 31.5. The summed E-state index contributed by atoms with van der Waals surface area (Å²) in [7, 11) is 11.3. The summed E-state index contributed by atoms with van der Waals surface area (Å²) < 4.78 is 9.10. The van der Waals surface area contributed by atoms with E-state index in [1.54, 1.807) is 0 Å². The molecule has 0 aliphatic rings. The molecule has 0 radical (unpaired) electrons. The van der Waals surface area contributed by atoms with E-state index in [0.717, 1.165) is 49.8 Å². The molecule has 0 saturated carbocycles. The highest BCUT2D eigenvalue weighted by Gasteiger charge is 2.22. The summed E-state index contributed by atoms with van der Waals surface area (Å²) in [5, 5.41) is 4.59. The third-order valence-corrected chi connectivity index (χ3v) is 11.6. The van der Waals surface area contributed by atoms with E-state index in [2.05, 4.69) is 123 Å². The SMILES string of the molecule is Bc1c(B)c(B)c(-c2cccc3c2c2ccccc2n3-c2cccc3oc4cc(-c5nc(-c6ccccc6)nc(-c6ccccc6)n5)ccc4c23)c(B)c1B. The molecule has 55 heavy (non-hydrogen) atoms. The van der Waals surface area contributed by atoms with Crippen LogP contribution in [-0.2, 0) is 0 Å². The number of fused-ring (bicyclic) bond motifs is 6. The van der Waals surface area contributed by atoms with Crippen molar-refractivity contribution in [1.29, 1.82) is 0 Å². The lowest BCUT2D eigenvalue weighted by molar-refractivity contribution is 0.669. The van der Waals surface area contributed by atoms with Crippen LogP contribution in [0.3, 0.4) is 0 Å². The Morgan fingerprint density at radius 1 is 0.418 bits per heavy atom. The molecule has 0 aliphatic heterocycles. The van der Waals surface area contributed by atoms with Crippen LogP contribution in [0.4, 0.5) is 0 Å². The van der Waals surface area contributed by atoms with Gasteiger partial charge in [-0.05, 0) is 47.5 Å². The van der Waals surface area contributed by atoms with Crippen molar-refractivity contribution in [1.82, 2.24) is 19.5 Å². The maximum atomic E-state index is 6.68. The van der Waals surface area contributed by atoms with Gasteiger partial charge in [0.1, 0.15) is 50.4 Å². The number of furan rings is 1. The first-order valence-electron chi connectivity index (χ1n) is 18.8. The van der Waals surface area contributed by atoms with Crippen LogP contribution in [-0.4, -0.2) is 58.8 Å². The highest BCUT2D eigenvalue weighted by molar-refractivity contribution is 6.69. The Morgan fingerprint density at radius 2 is 0.982 bits per heavy atom. The van der Waals surface area contributed by atoms with Crippen molar-refractivity contribution in [3.8, 4) is 51.0 Å². The molecule has 0 aliphatic carbocycles. The van der Waals surface area contributed by atoms with Crippen molar-refractivity contribution in [3.05, 3.63) is 140 Å². The fraction of sp³-hybridized carbons (Fsp3) is 0. The number of hydrogen-bond acceptors (Lipinski definition) is 4. The van der Waals surface area contributed by atoms with E-state index in [1.807, 2.05) is 60.7 Å². The zero-order valence-electron chi connectivity index (χ0n) is 31.5. The fourth-order valence-corrected chi connectivity index (χ4v) is 8.46. The smallest absolute Gasteiger partial charge is 0.164 e. The van der Waals surface area contributed by atoms with Crippen LogP contribution in [0.1, 0.15) is 0 Å². The van der Waals surface area contributed by atoms with E-state index in [9.17, 15) is 0 Å². The van der Waals surface area contributed by atoms with Gasteiger partial charge in [-0.25, -0.2) is 15.0 Å². The third-order valence-electron chi connectivity index (χ3n) is 11.6. The first-order valence-corrected chi connectivity index (χ1v) is 18.8. The van der Waals surface area contributed by atoms with Crippen LogP contribution in [0.5, 0.6) is 0 Å². The van der Waals surface area contributed by atoms with Gasteiger partial charge in [0.05, 0.1) is 22.1 Å². The summed E-state index contributed by atoms with van der Waals surface area (Å²) >= 11 is 0. The molecule has 0 saturated heterocycles. The van der Waals surface area contributed by atoms with Gasteiger partial charge >= 0.3 is 0 Å². The predicted octanol–water partition coefficient (Wildman–Crippen LogP) is 2.83. The summed E-state index contributed by atoms with van der Waals surface area (Å²) in [6.07, 6.45) is 0. The Kier molecular flexibility index (Phi) is 7.70. The van der Waals surface area contributed by atoms with Gasteiger partial charge in [0.15, 0.2) is 17.5 Å². The number of rotatable bonds is 5. The molecule has 5 nitrogen and oxygen atoms in total. The average molecular weight is 700 g/mol. The Morgan fingerprint density at radius 3 is 1.65 bits per heavy atom. The van der Waals surface area contributed by atoms with Crippen LogP contribution >= 0.6 is 0 Å². The molecular formula is C45H33B5N4O. The number of nitrogens with zero attached hydrogens (tertiary/aromatic N) is 4. The maximum Gasteiger partial charge on any atom is 0.164 e. The second kappa shape index (κ2) is 12.8. The molecule has 0 N–H and O–H groups in total. The molecule has 0 unspecified atom stereocenters. The molecule has 3 aromatic heterocycles. The first-order chi connectivity index (χ1) is 26.9. The Hall–Kier alpha value is -6.53. The van der Waals surface area contributed by atoms with Crippen LogP contribution in [0, 0.1) is 0 Å². The lowest BCUT2D eigenvalue weighted by Gasteiger charge is -2.21. The van der Waals surface area contributed by atoms with E-state index < -0.39 is 0 Å². The van der Waals surface area contributed by atoms with E-state index >= 15 is 0 Å². The second-order valence-electron chi connectivity index (χ2n) is 14.6. The van der Waals surface area contributed by atoms with Crippen molar-refractivity contribution in [2.24, 2.45) is 0 Å². The van der Waals surface area contributed by atoms with Gasteiger partial charge < -0.3 is 8.98 Å². The summed E-state index contributed by atoms with van der Waals surface area (Å²) in [5.41, 5.74) is 17.1. The Labute approximate surface area is 323 Å². The Balaban J connectivity index is 1.19. The lowest BCUT2D eigenvalue weighted by Crippen LogP contribution is -2.55. The van der Waals surface area contributed by atoms with Crippen LogP contribution in [0.25, 0.3) is 94.7 Å². The largest absolute Gasteiger partial charge is 0.456 e. The van der Waals surface area contributed by atoms with E-state index in [4.69, 9.17) is 19.4 Å². The molecule has 0 fully saturated rings. The van der Waals surface area contributed by atoms with E-state index in [-0.39, 0.29) is 0 Å². The summed E-state index contributed by atoms with van der Waals surface area (Å²) in [5.74, 6) is 1.85. The summed E-state index contributed by atoms with van der Waals surface area (Å²) in [6, 6.07) is 48.4. The van der Waals surface area contributed by atoms with Crippen molar-refractivity contribution in [2.45, 2.75) is 0 Å². The minimum atomic E-state index is 0.595. The van der Waals surface area contributed by atoms with E-state index in [1.165, 1.54) is 54.7 Å². The lowest BCUT2D eigenvalue weighted by atomic mass is 9.59. The molecule has 10 rings (SSSR count). The van der Waals surface area contributed by atoms with Crippen molar-refractivity contribution >= 4 is 110 Å². The van der Waals surface area contributed by atoms with Crippen molar-refractivity contribution in [2.75, 3.05) is 0 Å². The van der Waals surface area contributed by atoms with Gasteiger partial charge in [-0.15, -0.1) is 16.4 Å². The molecule has 10 heteroatoms. The minimum absolute atomic E-state index is 0.595. The van der Waals surface area contributed by atoms with E-state index in [0.29, 0.717) is 17.5 Å². The maximum absolute atomic E-state index is 6.68. The molecule has 0 atom stereocenters. The van der Waals surface area contributed by atoms with Gasteiger partial charge in [-0.3, -0.25) is 0 Å². The molecule has 7 aromatic carbocycles. The molecule has 0 bridgehead atoms. The topological polar surface area (TPSA) is 56.7 Å². The highest BCUT2D eigenvalue weighted by Crippen LogP contribution is 2.41. The van der Waals surface area contributed by atoms with Crippen molar-refractivity contribution in [3.63, 3.8) is 0 Å². The Bertz CT molecular complexity index is 3070. The predicted molar refractivity (Wildman–Crippen MR) is 244 cm³/mol. The number of para-hydroxylation sites is 1. The van der Waals surface area contributed by atoms with Gasteiger partial charge in [-0.1, -0.05) is 114 Å². The fourth-order valence-electron chi connectivity index (χ4n) is 8.46. The van der Waals surface area contributed by atoms with Gasteiger partial charge in [0.25, 0.3) is 0 Å².